The van der Waals surface area contributed by atoms with Gasteiger partial charge in [0.25, 0.3) is 0 Å². The topological polar surface area (TPSA) is 49.4 Å². The molecule has 1 atom stereocenters. The van der Waals surface area contributed by atoms with Crippen LogP contribution in [0, 0.1) is 5.92 Å². The van der Waals surface area contributed by atoms with Gasteiger partial charge in [-0.15, -0.1) is 0 Å². The van der Waals surface area contributed by atoms with E-state index in [-0.39, 0.29) is 5.54 Å². The summed E-state index contributed by atoms with van der Waals surface area (Å²) in [5.41, 5.74) is 0.215. The summed E-state index contributed by atoms with van der Waals surface area (Å²) in [5.74, 6) is 1.45. The lowest BCUT2D eigenvalue weighted by Crippen LogP contribution is -2.60. The van der Waals surface area contributed by atoms with E-state index in [0.717, 1.165) is 32.0 Å². The van der Waals surface area contributed by atoms with Crippen LogP contribution in [0.25, 0.3) is 0 Å². The van der Waals surface area contributed by atoms with Gasteiger partial charge >= 0.3 is 0 Å². The van der Waals surface area contributed by atoms with Crippen molar-refractivity contribution in [3.8, 4) is 0 Å². The molecule has 0 aromatic heterocycles. The van der Waals surface area contributed by atoms with E-state index in [0.29, 0.717) is 18.1 Å². The summed E-state index contributed by atoms with van der Waals surface area (Å²) < 4.78 is 23.5. The Hall–Kier alpha value is -0.130. The zero-order chi connectivity index (χ0) is 13.2. The number of nitrogens with zero attached hydrogens (tertiary/aromatic N) is 1. The fourth-order valence-electron chi connectivity index (χ4n) is 2.97. The highest BCUT2D eigenvalue weighted by Crippen LogP contribution is 2.40. The van der Waals surface area contributed by atoms with E-state index >= 15 is 0 Å². The molecule has 2 aliphatic rings. The molecule has 2 fully saturated rings. The van der Waals surface area contributed by atoms with Crippen molar-refractivity contribution >= 4 is 9.84 Å². The number of nitrogens with one attached hydrogen (secondary N) is 1. The molecule has 106 valence electrons. The highest BCUT2D eigenvalue weighted by molar-refractivity contribution is 7.91. The normalized spacial score (nSPS) is 30.6. The van der Waals surface area contributed by atoms with E-state index in [4.69, 9.17) is 0 Å². The summed E-state index contributed by atoms with van der Waals surface area (Å²) >= 11 is 0. The van der Waals surface area contributed by atoms with Gasteiger partial charge in [0.1, 0.15) is 0 Å². The Balaban J connectivity index is 1.83. The number of piperazine rings is 1. The van der Waals surface area contributed by atoms with Gasteiger partial charge in [0.2, 0.25) is 0 Å². The van der Waals surface area contributed by atoms with Crippen molar-refractivity contribution in [2.75, 3.05) is 37.7 Å². The van der Waals surface area contributed by atoms with Gasteiger partial charge in [0.15, 0.2) is 9.84 Å². The second-order valence-electron chi connectivity index (χ2n) is 6.05. The Morgan fingerprint density at radius 2 is 2.06 bits per heavy atom. The van der Waals surface area contributed by atoms with Crippen LogP contribution >= 0.6 is 0 Å². The standard InChI is InChI=1S/C13H26N2O2S/c1-3-9-18(16,17)10-8-15-7-6-14-13(2,11-15)12-4-5-12/h12,14H,3-11H2,1-2H3. The first-order valence-electron chi connectivity index (χ1n) is 7.13. The van der Waals surface area contributed by atoms with Crippen molar-refractivity contribution in [1.82, 2.24) is 10.2 Å². The molecule has 0 aromatic rings. The van der Waals surface area contributed by atoms with E-state index in [1.54, 1.807) is 0 Å². The van der Waals surface area contributed by atoms with Crippen LogP contribution in [-0.2, 0) is 9.84 Å². The molecular weight excluding hydrogens is 248 g/mol. The zero-order valence-electron chi connectivity index (χ0n) is 11.6. The minimum atomic E-state index is -2.83. The van der Waals surface area contributed by atoms with Gasteiger partial charge in [0, 0.05) is 37.5 Å². The van der Waals surface area contributed by atoms with Crippen LogP contribution in [0.2, 0.25) is 0 Å². The molecule has 1 unspecified atom stereocenters. The number of sulfone groups is 1. The maximum absolute atomic E-state index is 11.7. The SMILES string of the molecule is CCCS(=O)(=O)CCN1CCNC(C)(C2CC2)C1. The molecule has 0 amide bonds. The quantitative estimate of drug-likeness (QED) is 0.781. The molecule has 1 saturated carbocycles. The molecule has 1 aliphatic carbocycles. The van der Waals surface area contributed by atoms with Crippen LogP contribution in [0.3, 0.4) is 0 Å². The first-order valence-corrected chi connectivity index (χ1v) is 8.95. The summed E-state index contributed by atoms with van der Waals surface area (Å²) in [5, 5.41) is 3.62. The Morgan fingerprint density at radius 3 is 2.67 bits per heavy atom. The van der Waals surface area contributed by atoms with Gasteiger partial charge in [-0.2, -0.15) is 0 Å². The average molecular weight is 274 g/mol. The van der Waals surface area contributed by atoms with E-state index < -0.39 is 9.84 Å². The Labute approximate surface area is 111 Å². The summed E-state index contributed by atoms with van der Waals surface area (Å²) in [4.78, 5) is 2.32. The van der Waals surface area contributed by atoms with Gasteiger partial charge in [-0.25, -0.2) is 8.42 Å². The number of rotatable bonds is 6. The van der Waals surface area contributed by atoms with Gasteiger partial charge in [-0.05, 0) is 32.1 Å². The maximum atomic E-state index is 11.7. The van der Waals surface area contributed by atoms with E-state index in [2.05, 4.69) is 17.1 Å². The molecule has 0 radical (unpaired) electrons. The van der Waals surface area contributed by atoms with Crippen molar-refractivity contribution in [3.05, 3.63) is 0 Å². The smallest absolute Gasteiger partial charge is 0.151 e. The Bertz CT molecular complexity index is 378. The lowest BCUT2D eigenvalue weighted by atomic mass is 9.93. The summed E-state index contributed by atoms with van der Waals surface area (Å²) in [7, 11) is -2.83. The van der Waals surface area contributed by atoms with E-state index in [1.165, 1.54) is 12.8 Å². The van der Waals surface area contributed by atoms with Crippen molar-refractivity contribution in [1.29, 1.82) is 0 Å². The molecule has 1 saturated heterocycles. The fourth-order valence-corrected chi connectivity index (χ4v) is 4.33. The predicted octanol–water partition coefficient (Wildman–Crippen LogP) is 0.885. The number of hydrogen-bond acceptors (Lipinski definition) is 4. The largest absolute Gasteiger partial charge is 0.309 e. The van der Waals surface area contributed by atoms with Gasteiger partial charge in [0.05, 0.1) is 5.75 Å². The summed E-state index contributed by atoms with van der Waals surface area (Å²) in [6, 6.07) is 0. The third-order valence-corrected chi connectivity index (χ3v) is 6.06. The molecule has 18 heavy (non-hydrogen) atoms. The Kier molecular flexibility index (Phi) is 4.34. The third-order valence-electron chi connectivity index (χ3n) is 4.22. The van der Waals surface area contributed by atoms with Crippen LogP contribution in [0.5, 0.6) is 0 Å². The van der Waals surface area contributed by atoms with Gasteiger partial charge in [-0.1, -0.05) is 6.92 Å². The van der Waals surface area contributed by atoms with Crippen molar-refractivity contribution in [3.63, 3.8) is 0 Å². The predicted molar refractivity (Wildman–Crippen MR) is 74.5 cm³/mol. The molecule has 5 heteroatoms. The van der Waals surface area contributed by atoms with E-state index in [1.807, 2.05) is 6.92 Å². The Morgan fingerprint density at radius 1 is 1.33 bits per heavy atom. The maximum Gasteiger partial charge on any atom is 0.151 e. The molecular formula is C13H26N2O2S. The van der Waals surface area contributed by atoms with Gasteiger partial charge in [-0.3, -0.25) is 4.90 Å². The van der Waals surface area contributed by atoms with Crippen LogP contribution in [0.15, 0.2) is 0 Å². The molecule has 2 rings (SSSR count). The third kappa shape index (κ3) is 3.68. The first-order chi connectivity index (χ1) is 8.45. The van der Waals surface area contributed by atoms with Crippen LogP contribution in [-0.4, -0.2) is 56.5 Å². The highest BCUT2D eigenvalue weighted by Gasteiger charge is 2.43. The zero-order valence-corrected chi connectivity index (χ0v) is 12.4. The van der Waals surface area contributed by atoms with E-state index in [9.17, 15) is 8.42 Å². The highest BCUT2D eigenvalue weighted by atomic mass is 32.2. The van der Waals surface area contributed by atoms with Crippen LogP contribution < -0.4 is 5.32 Å². The molecule has 1 aliphatic heterocycles. The van der Waals surface area contributed by atoms with Crippen molar-refractivity contribution < 1.29 is 8.42 Å². The minimum Gasteiger partial charge on any atom is -0.309 e. The molecule has 4 nitrogen and oxygen atoms in total. The minimum absolute atomic E-state index is 0.215. The molecule has 0 bridgehead atoms. The second kappa shape index (κ2) is 5.47. The first kappa shape index (κ1) is 14.3. The summed E-state index contributed by atoms with van der Waals surface area (Å²) in [6.45, 7) is 7.88. The van der Waals surface area contributed by atoms with Gasteiger partial charge < -0.3 is 5.32 Å². The molecule has 1 N–H and O–H groups in total. The lowest BCUT2D eigenvalue weighted by molar-refractivity contribution is 0.133. The van der Waals surface area contributed by atoms with Crippen LogP contribution in [0.1, 0.15) is 33.1 Å². The van der Waals surface area contributed by atoms with Crippen molar-refractivity contribution in [2.24, 2.45) is 5.92 Å². The summed E-state index contributed by atoms with van der Waals surface area (Å²) in [6.07, 6.45) is 3.38. The number of hydrogen-bond donors (Lipinski definition) is 1. The fraction of sp³-hybridized carbons (Fsp3) is 1.00. The van der Waals surface area contributed by atoms with Crippen LogP contribution in [0.4, 0.5) is 0 Å². The monoisotopic (exact) mass is 274 g/mol. The average Bonchev–Trinajstić information content (AvgIpc) is 3.11. The molecule has 0 aromatic carbocycles. The molecule has 0 spiro atoms. The molecule has 1 heterocycles. The lowest BCUT2D eigenvalue weighted by Gasteiger charge is -2.42. The van der Waals surface area contributed by atoms with Crippen molar-refractivity contribution in [2.45, 2.75) is 38.6 Å². The second-order valence-corrected chi connectivity index (χ2v) is 8.35.